The Bertz CT molecular complexity index is 994. The molecule has 1 saturated carbocycles. The van der Waals surface area contributed by atoms with E-state index in [1.165, 1.54) is 5.56 Å². The molecule has 5 nitrogen and oxygen atoms in total. The first-order valence-electron chi connectivity index (χ1n) is 10.4. The van der Waals surface area contributed by atoms with Crippen molar-refractivity contribution in [2.45, 2.75) is 24.7 Å². The number of hydrogen-bond donors (Lipinski definition) is 1. The second kappa shape index (κ2) is 7.48. The third-order valence-corrected chi connectivity index (χ3v) is 6.26. The van der Waals surface area contributed by atoms with E-state index in [0.717, 1.165) is 29.8 Å². The third kappa shape index (κ3) is 3.36. The zero-order chi connectivity index (χ0) is 19.8. The van der Waals surface area contributed by atoms with Gasteiger partial charge in [0.25, 0.3) is 5.91 Å². The molecule has 1 aliphatic heterocycles. The van der Waals surface area contributed by atoms with Gasteiger partial charge in [-0.2, -0.15) is 5.10 Å². The summed E-state index contributed by atoms with van der Waals surface area (Å²) in [4.78, 5) is 15.5. The van der Waals surface area contributed by atoms with Crippen molar-refractivity contribution in [3.05, 3.63) is 83.7 Å². The zero-order valence-corrected chi connectivity index (χ0v) is 16.4. The van der Waals surface area contributed by atoms with Gasteiger partial charge in [0.05, 0.1) is 23.1 Å². The van der Waals surface area contributed by atoms with Crippen LogP contribution in [-0.4, -0.2) is 40.2 Å². The van der Waals surface area contributed by atoms with Gasteiger partial charge in [-0.1, -0.05) is 48.5 Å². The summed E-state index contributed by atoms with van der Waals surface area (Å²) in [6, 6.07) is 20.5. The van der Waals surface area contributed by atoms with Crippen LogP contribution in [0.3, 0.4) is 0 Å². The Morgan fingerprint density at radius 3 is 2.34 bits per heavy atom. The summed E-state index contributed by atoms with van der Waals surface area (Å²) in [7, 11) is 0. The first kappa shape index (κ1) is 18.1. The van der Waals surface area contributed by atoms with Gasteiger partial charge in [-0.3, -0.25) is 4.79 Å². The Hall–Kier alpha value is -2.92. The van der Waals surface area contributed by atoms with E-state index in [1.54, 1.807) is 6.20 Å². The molecule has 0 spiro atoms. The number of carbonyl (C=O) groups excluding carboxylic acids is 1. The fourth-order valence-corrected chi connectivity index (χ4v) is 4.57. The highest BCUT2D eigenvalue weighted by atomic mass is 16.2. The summed E-state index contributed by atoms with van der Waals surface area (Å²) in [5.41, 5.74) is 10.2. The second-order valence-corrected chi connectivity index (χ2v) is 8.19. The van der Waals surface area contributed by atoms with E-state index in [2.05, 4.69) is 29.4 Å². The van der Waals surface area contributed by atoms with Crippen LogP contribution in [0, 0.1) is 5.92 Å². The number of nitrogens with zero attached hydrogens (tertiary/aromatic N) is 3. The van der Waals surface area contributed by atoms with Crippen LogP contribution >= 0.6 is 0 Å². The van der Waals surface area contributed by atoms with E-state index in [4.69, 9.17) is 5.73 Å². The molecule has 2 aliphatic rings. The first-order chi connectivity index (χ1) is 14.3. The van der Waals surface area contributed by atoms with E-state index in [-0.39, 0.29) is 11.8 Å². The number of rotatable bonds is 5. The van der Waals surface area contributed by atoms with Gasteiger partial charge in [-0.25, -0.2) is 4.68 Å². The minimum atomic E-state index is 0.0889. The van der Waals surface area contributed by atoms with Gasteiger partial charge in [0.1, 0.15) is 0 Å². The van der Waals surface area contributed by atoms with Gasteiger partial charge in [0.2, 0.25) is 0 Å². The third-order valence-electron chi connectivity index (χ3n) is 6.26. The van der Waals surface area contributed by atoms with Gasteiger partial charge in [-0.05, 0) is 43.0 Å². The van der Waals surface area contributed by atoms with Gasteiger partial charge in [0.15, 0.2) is 0 Å². The maximum atomic E-state index is 13.5. The minimum absolute atomic E-state index is 0.0889. The average Bonchev–Trinajstić information content (AvgIpc) is 3.37. The predicted molar refractivity (Wildman–Crippen MR) is 113 cm³/mol. The average molecular weight is 386 g/mol. The molecule has 1 saturated heterocycles. The van der Waals surface area contributed by atoms with E-state index >= 15 is 0 Å². The van der Waals surface area contributed by atoms with Crippen molar-refractivity contribution in [2.75, 3.05) is 19.6 Å². The number of carbonyl (C=O) groups is 1. The van der Waals surface area contributed by atoms with Crippen molar-refractivity contribution in [1.29, 1.82) is 0 Å². The lowest BCUT2D eigenvalue weighted by molar-refractivity contribution is 0.0785. The lowest BCUT2D eigenvalue weighted by atomic mass is 9.89. The number of amides is 1. The molecule has 2 N–H and O–H groups in total. The fourth-order valence-electron chi connectivity index (χ4n) is 4.57. The quantitative estimate of drug-likeness (QED) is 0.729. The SMILES string of the molecule is NC[C@@H]1CN(C(=O)c2cnn(-c3ccccc3)c2C2CC2)C[C@H]1c1ccccc1. The van der Waals surface area contributed by atoms with E-state index < -0.39 is 0 Å². The maximum absolute atomic E-state index is 13.5. The Labute approximate surface area is 171 Å². The number of hydrogen-bond acceptors (Lipinski definition) is 3. The molecule has 2 atom stereocenters. The topological polar surface area (TPSA) is 64.2 Å². The van der Waals surface area contributed by atoms with Crippen molar-refractivity contribution in [3.8, 4) is 5.69 Å². The standard InChI is InChI=1S/C24H26N4O/c25-13-19-15-27(16-22(19)17-7-3-1-4-8-17)24(29)21-14-26-28(23(21)18-11-12-18)20-9-5-2-6-10-20/h1-10,14,18-19,22H,11-13,15-16,25H2/t19-,22+/m1/s1. The van der Waals surface area contributed by atoms with Crippen LogP contribution in [0.25, 0.3) is 5.69 Å². The molecule has 0 radical (unpaired) electrons. The maximum Gasteiger partial charge on any atom is 0.257 e. The Morgan fingerprint density at radius 1 is 1.00 bits per heavy atom. The van der Waals surface area contributed by atoms with Gasteiger partial charge in [0, 0.05) is 24.9 Å². The molecule has 3 aromatic rings. The highest BCUT2D eigenvalue weighted by molar-refractivity contribution is 5.96. The Morgan fingerprint density at radius 2 is 1.69 bits per heavy atom. The summed E-state index contributed by atoms with van der Waals surface area (Å²) < 4.78 is 1.95. The lowest BCUT2D eigenvalue weighted by Gasteiger charge is -2.17. The van der Waals surface area contributed by atoms with Crippen molar-refractivity contribution < 1.29 is 4.79 Å². The number of aromatic nitrogens is 2. The number of para-hydroxylation sites is 1. The Kier molecular flexibility index (Phi) is 4.68. The molecule has 2 aromatic carbocycles. The summed E-state index contributed by atoms with van der Waals surface area (Å²) in [6.45, 7) is 2.00. The molecule has 148 valence electrons. The molecule has 1 aromatic heterocycles. The van der Waals surface area contributed by atoms with E-state index in [1.807, 2.05) is 46.0 Å². The van der Waals surface area contributed by atoms with Crippen LogP contribution < -0.4 is 5.73 Å². The molecule has 2 heterocycles. The number of nitrogens with two attached hydrogens (primary N) is 1. The fraction of sp³-hybridized carbons (Fsp3) is 0.333. The summed E-state index contributed by atoms with van der Waals surface area (Å²) in [5, 5.41) is 4.60. The van der Waals surface area contributed by atoms with Crippen LogP contribution in [0.15, 0.2) is 66.9 Å². The number of likely N-dealkylation sites (tertiary alicyclic amines) is 1. The normalized spacial score (nSPS) is 21.5. The predicted octanol–water partition coefficient (Wildman–Crippen LogP) is 3.56. The van der Waals surface area contributed by atoms with Crippen LogP contribution in [-0.2, 0) is 0 Å². The van der Waals surface area contributed by atoms with Crippen molar-refractivity contribution in [1.82, 2.24) is 14.7 Å². The van der Waals surface area contributed by atoms with Crippen LogP contribution in [0.2, 0.25) is 0 Å². The summed E-state index contributed by atoms with van der Waals surface area (Å²) in [5.74, 6) is 1.09. The van der Waals surface area contributed by atoms with E-state index in [9.17, 15) is 4.79 Å². The molecule has 0 bridgehead atoms. The first-order valence-corrected chi connectivity index (χ1v) is 10.4. The zero-order valence-electron chi connectivity index (χ0n) is 16.4. The molecular formula is C24H26N4O. The molecule has 1 amide bonds. The van der Waals surface area contributed by atoms with Crippen LogP contribution in [0.5, 0.6) is 0 Å². The molecule has 5 heteroatoms. The summed E-state index contributed by atoms with van der Waals surface area (Å²) in [6.07, 6.45) is 4.00. The molecule has 1 aliphatic carbocycles. The number of benzene rings is 2. The van der Waals surface area contributed by atoms with Gasteiger partial charge >= 0.3 is 0 Å². The lowest BCUT2D eigenvalue weighted by Crippen LogP contribution is -2.30. The molecule has 5 rings (SSSR count). The van der Waals surface area contributed by atoms with Crippen LogP contribution in [0.4, 0.5) is 0 Å². The van der Waals surface area contributed by atoms with E-state index in [0.29, 0.717) is 31.5 Å². The van der Waals surface area contributed by atoms with Crippen molar-refractivity contribution in [3.63, 3.8) is 0 Å². The molecule has 2 fully saturated rings. The van der Waals surface area contributed by atoms with Crippen molar-refractivity contribution >= 4 is 5.91 Å². The van der Waals surface area contributed by atoms with Crippen molar-refractivity contribution in [2.24, 2.45) is 11.7 Å². The highest BCUT2D eigenvalue weighted by Gasteiger charge is 2.39. The van der Waals surface area contributed by atoms with Gasteiger partial charge in [-0.15, -0.1) is 0 Å². The molecular weight excluding hydrogens is 360 g/mol. The smallest absolute Gasteiger partial charge is 0.257 e. The molecule has 29 heavy (non-hydrogen) atoms. The minimum Gasteiger partial charge on any atom is -0.338 e. The monoisotopic (exact) mass is 386 g/mol. The summed E-state index contributed by atoms with van der Waals surface area (Å²) >= 11 is 0. The molecule has 0 unspecified atom stereocenters. The largest absolute Gasteiger partial charge is 0.338 e. The van der Waals surface area contributed by atoms with Gasteiger partial charge < -0.3 is 10.6 Å². The Balaban J connectivity index is 1.45. The van der Waals surface area contributed by atoms with Crippen LogP contribution in [0.1, 0.15) is 46.3 Å². The highest BCUT2D eigenvalue weighted by Crippen LogP contribution is 2.43. The second-order valence-electron chi connectivity index (χ2n) is 8.19.